The van der Waals surface area contributed by atoms with Gasteiger partial charge in [-0.3, -0.25) is 4.79 Å². The van der Waals surface area contributed by atoms with Gasteiger partial charge in [0.05, 0.1) is 16.6 Å². The lowest BCUT2D eigenvalue weighted by molar-refractivity contribution is 0.0955. The number of aromatic nitrogens is 2. The minimum absolute atomic E-state index is 0. The summed E-state index contributed by atoms with van der Waals surface area (Å²) < 4.78 is 5.48. The van der Waals surface area contributed by atoms with Crippen LogP contribution < -0.4 is 10.6 Å². The molecule has 0 spiro atoms. The van der Waals surface area contributed by atoms with E-state index in [1.165, 1.54) is 0 Å². The van der Waals surface area contributed by atoms with Crippen molar-refractivity contribution in [3.05, 3.63) is 23.0 Å². The molecule has 1 saturated carbocycles. The minimum atomic E-state index is -0.0853. The second kappa shape index (κ2) is 7.70. The Morgan fingerprint density at radius 3 is 2.64 bits per heavy atom. The number of fused-ring (bicyclic) bond motifs is 1. The maximum absolute atomic E-state index is 12.7. The van der Waals surface area contributed by atoms with E-state index in [9.17, 15) is 4.79 Å². The Balaban J connectivity index is 0.00000225. The molecule has 7 heteroatoms. The molecule has 1 fully saturated rings. The van der Waals surface area contributed by atoms with E-state index in [-0.39, 0.29) is 23.7 Å². The van der Waals surface area contributed by atoms with Crippen LogP contribution in [0, 0.1) is 5.41 Å². The standard InChI is InChI=1S/C18H26N4O2.ClH/c1-18(2,3)10-14-15-12(16(23)20-8-7-19-4)9-13(11-5-6-11)21-17(15)24-22-14;/h9,11,19H,5-8,10H2,1-4H3,(H,20,23);1H. The van der Waals surface area contributed by atoms with Crippen LogP contribution in [0.5, 0.6) is 0 Å². The molecular weight excluding hydrogens is 340 g/mol. The Morgan fingerprint density at radius 1 is 1.32 bits per heavy atom. The molecule has 2 aromatic heterocycles. The quantitative estimate of drug-likeness (QED) is 0.768. The molecule has 2 N–H and O–H groups in total. The number of hydrogen-bond acceptors (Lipinski definition) is 5. The van der Waals surface area contributed by atoms with Crippen LogP contribution in [0.3, 0.4) is 0 Å². The number of carbonyl (C=O) groups excluding carboxylic acids is 1. The van der Waals surface area contributed by atoms with Crippen LogP contribution >= 0.6 is 12.4 Å². The summed E-state index contributed by atoms with van der Waals surface area (Å²) in [4.78, 5) is 17.3. The largest absolute Gasteiger partial charge is 0.351 e. The van der Waals surface area contributed by atoms with Crippen LogP contribution in [0.4, 0.5) is 0 Å². The first-order valence-corrected chi connectivity index (χ1v) is 8.61. The average Bonchev–Trinajstić information content (AvgIpc) is 3.29. The van der Waals surface area contributed by atoms with Gasteiger partial charge in [0.15, 0.2) is 0 Å². The van der Waals surface area contributed by atoms with Gasteiger partial charge in [-0.1, -0.05) is 25.9 Å². The van der Waals surface area contributed by atoms with E-state index in [0.29, 0.717) is 23.7 Å². The molecule has 25 heavy (non-hydrogen) atoms. The third-order valence-electron chi connectivity index (χ3n) is 4.14. The second-order valence-corrected chi connectivity index (χ2v) is 7.78. The van der Waals surface area contributed by atoms with Crippen molar-refractivity contribution < 1.29 is 9.32 Å². The second-order valence-electron chi connectivity index (χ2n) is 7.78. The van der Waals surface area contributed by atoms with Crippen molar-refractivity contribution in [3.63, 3.8) is 0 Å². The summed E-state index contributed by atoms with van der Waals surface area (Å²) in [6.45, 7) is 7.75. The number of carbonyl (C=O) groups is 1. The highest BCUT2D eigenvalue weighted by Crippen LogP contribution is 2.40. The SMILES string of the molecule is CNCCNC(=O)c1cc(C2CC2)nc2onc(CC(C)(C)C)c12.Cl. The van der Waals surface area contributed by atoms with Crippen molar-refractivity contribution >= 4 is 29.4 Å². The molecule has 0 aliphatic heterocycles. The molecule has 0 radical (unpaired) electrons. The maximum Gasteiger partial charge on any atom is 0.259 e. The molecule has 6 nitrogen and oxygen atoms in total. The molecule has 0 atom stereocenters. The van der Waals surface area contributed by atoms with E-state index in [1.807, 2.05) is 13.1 Å². The van der Waals surface area contributed by atoms with E-state index < -0.39 is 0 Å². The van der Waals surface area contributed by atoms with Crippen LogP contribution in [-0.2, 0) is 6.42 Å². The van der Waals surface area contributed by atoms with E-state index >= 15 is 0 Å². The molecule has 2 aromatic rings. The van der Waals surface area contributed by atoms with Crippen LogP contribution in [0.15, 0.2) is 10.6 Å². The number of amides is 1. The molecule has 3 rings (SSSR count). The van der Waals surface area contributed by atoms with Crippen molar-refractivity contribution in [2.75, 3.05) is 20.1 Å². The van der Waals surface area contributed by atoms with E-state index in [4.69, 9.17) is 4.52 Å². The highest BCUT2D eigenvalue weighted by Gasteiger charge is 2.29. The zero-order chi connectivity index (χ0) is 17.3. The number of pyridine rings is 1. The van der Waals surface area contributed by atoms with Crippen LogP contribution in [0.2, 0.25) is 0 Å². The third-order valence-corrected chi connectivity index (χ3v) is 4.14. The summed E-state index contributed by atoms with van der Waals surface area (Å²) in [5, 5.41) is 11.0. The average molecular weight is 367 g/mol. The van der Waals surface area contributed by atoms with E-state index in [0.717, 1.165) is 42.6 Å². The van der Waals surface area contributed by atoms with Crippen molar-refractivity contribution in [1.29, 1.82) is 0 Å². The smallest absolute Gasteiger partial charge is 0.259 e. The topological polar surface area (TPSA) is 80.0 Å². The van der Waals surface area contributed by atoms with Crippen molar-refractivity contribution in [2.45, 2.75) is 46.0 Å². The number of halogens is 1. The van der Waals surface area contributed by atoms with Gasteiger partial charge in [0.1, 0.15) is 0 Å². The Morgan fingerprint density at radius 2 is 2.04 bits per heavy atom. The summed E-state index contributed by atoms with van der Waals surface area (Å²) >= 11 is 0. The lowest BCUT2D eigenvalue weighted by Gasteiger charge is -2.16. The zero-order valence-electron chi connectivity index (χ0n) is 15.3. The van der Waals surface area contributed by atoms with Gasteiger partial charge in [-0.2, -0.15) is 0 Å². The molecule has 0 saturated heterocycles. The van der Waals surface area contributed by atoms with Crippen molar-refractivity contribution in [3.8, 4) is 0 Å². The third kappa shape index (κ3) is 4.70. The fourth-order valence-corrected chi connectivity index (χ4v) is 2.82. The van der Waals surface area contributed by atoms with Gasteiger partial charge >= 0.3 is 0 Å². The predicted octanol–water partition coefficient (Wildman–Crippen LogP) is 3.06. The molecule has 2 heterocycles. The summed E-state index contributed by atoms with van der Waals surface area (Å²) in [6, 6.07) is 1.93. The van der Waals surface area contributed by atoms with Gasteiger partial charge in [-0.15, -0.1) is 12.4 Å². The Kier molecular flexibility index (Phi) is 6.06. The normalized spacial score (nSPS) is 14.4. The van der Waals surface area contributed by atoms with Crippen LogP contribution in [-0.4, -0.2) is 36.2 Å². The van der Waals surface area contributed by atoms with Gasteiger partial charge in [0.25, 0.3) is 11.6 Å². The summed E-state index contributed by atoms with van der Waals surface area (Å²) in [6.07, 6.45) is 2.99. The molecule has 138 valence electrons. The molecule has 0 unspecified atom stereocenters. The fourth-order valence-electron chi connectivity index (χ4n) is 2.82. The van der Waals surface area contributed by atoms with Crippen LogP contribution in [0.1, 0.15) is 61.3 Å². The summed E-state index contributed by atoms with van der Waals surface area (Å²) in [5.41, 5.74) is 2.93. The monoisotopic (exact) mass is 366 g/mol. The minimum Gasteiger partial charge on any atom is -0.351 e. The lowest BCUT2D eigenvalue weighted by Crippen LogP contribution is -2.30. The number of nitrogens with one attached hydrogen (secondary N) is 2. The highest BCUT2D eigenvalue weighted by molar-refractivity contribution is 6.06. The fraction of sp³-hybridized carbons (Fsp3) is 0.611. The Hall–Kier alpha value is -1.66. The number of hydrogen-bond donors (Lipinski definition) is 2. The highest BCUT2D eigenvalue weighted by atomic mass is 35.5. The molecule has 1 aliphatic rings. The van der Waals surface area contributed by atoms with Gasteiger partial charge < -0.3 is 15.2 Å². The summed E-state index contributed by atoms with van der Waals surface area (Å²) in [7, 11) is 1.86. The first-order chi connectivity index (χ1) is 11.4. The Bertz CT molecular complexity index is 747. The van der Waals surface area contributed by atoms with Crippen LogP contribution in [0.25, 0.3) is 11.1 Å². The van der Waals surface area contributed by atoms with E-state index in [2.05, 4.69) is 41.5 Å². The van der Waals surface area contributed by atoms with Crippen molar-refractivity contribution in [1.82, 2.24) is 20.8 Å². The van der Waals surface area contributed by atoms with Gasteiger partial charge in [-0.25, -0.2) is 4.98 Å². The molecule has 1 aliphatic carbocycles. The zero-order valence-corrected chi connectivity index (χ0v) is 16.1. The maximum atomic E-state index is 12.7. The predicted molar refractivity (Wildman–Crippen MR) is 100 cm³/mol. The van der Waals surface area contributed by atoms with Gasteiger partial charge in [-0.05, 0) is 37.8 Å². The number of nitrogens with zero attached hydrogens (tertiary/aromatic N) is 2. The van der Waals surface area contributed by atoms with Gasteiger partial charge in [0.2, 0.25) is 0 Å². The molecule has 0 bridgehead atoms. The van der Waals surface area contributed by atoms with E-state index in [1.54, 1.807) is 0 Å². The first kappa shape index (κ1) is 19.7. The van der Waals surface area contributed by atoms with Gasteiger partial charge in [0, 0.05) is 24.7 Å². The summed E-state index contributed by atoms with van der Waals surface area (Å²) in [5.74, 6) is 0.368. The van der Waals surface area contributed by atoms with Crippen molar-refractivity contribution in [2.24, 2.45) is 5.41 Å². The Labute approximate surface area is 154 Å². The first-order valence-electron chi connectivity index (χ1n) is 8.61. The lowest BCUT2D eigenvalue weighted by atomic mass is 9.89. The molecule has 0 aromatic carbocycles. The number of likely N-dealkylation sites (N-methyl/N-ethyl adjacent to an activating group) is 1. The number of rotatable bonds is 6. The molecule has 1 amide bonds. The molecular formula is C18H27ClN4O2.